The molecule has 1 heterocycles. The van der Waals surface area contributed by atoms with Gasteiger partial charge in [-0.15, -0.1) is 0 Å². The third kappa shape index (κ3) is 5.41. The molecule has 7 nitrogen and oxygen atoms in total. The highest BCUT2D eigenvalue weighted by atomic mass is 35.5. The van der Waals surface area contributed by atoms with Gasteiger partial charge in [0.25, 0.3) is 0 Å². The van der Waals surface area contributed by atoms with Gasteiger partial charge in [0.1, 0.15) is 11.9 Å². The van der Waals surface area contributed by atoms with Crippen molar-refractivity contribution in [2.45, 2.75) is 44.2 Å². The minimum atomic E-state index is -1.09. The van der Waals surface area contributed by atoms with E-state index in [1.165, 1.54) is 0 Å². The average molecular weight is 418 g/mol. The van der Waals surface area contributed by atoms with E-state index in [1.807, 2.05) is 49.4 Å². The van der Waals surface area contributed by atoms with E-state index in [-0.39, 0.29) is 13.0 Å². The number of benzene rings is 2. The van der Waals surface area contributed by atoms with Crippen molar-refractivity contribution in [1.29, 1.82) is 0 Å². The molecular weight excluding hydrogens is 394 g/mol. The lowest BCUT2D eigenvalue weighted by Crippen LogP contribution is -2.46. The molecule has 0 bridgehead atoms. The molecule has 0 aromatic heterocycles. The number of aliphatic hydroxyl groups excluding tert-OH is 2. The van der Waals surface area contributed by atoms with E-state index < -0.39 is 24.4 Å². The normalized spacial score (nSPS) is 24.0. The fraction of sp³-hybridized carbons (Fsp3) is 0.429. The van der Waals surface area contributed by atoms with Crippen LogP contribution in [-0.2, 0) is 11.2 Å². The molecule has 0 saturated carbocycles. The first-order valence-corrected chi connectivity index (χ1v) is 9.92. The van der Waals surface area contributed by atoms with Gasteiger partial charge >= 0.3 is 0 Å². The van der Waals surface area contributed by atoms with Crippen LogP contribution in [0.15, 0.2) is 47.6 Å². The molecule has 0 spiro atoms. The summed E-state index contributed by atoms with van der Waals surface area (Å²) < 4.78 is 11.4. The number of nitrogens with zero attached hydrogens (tertiary/aromatic N) is 3. The highest BCUT2D eigenvalue weighted by Crippen LogP contribution is 2.34. The molecule has 8 heteroatoms. The third-order valence-corrected chi connectivity index (χ3v) is 5.33. The second kappa shape index (κ2) is 9.96. The Morgan fingerprint density at radius 2 is 2.00 bits per heavy atom. The zero-order chi connectivity index (χ0) is 20.8. The Bertz CT molecular complexity index is 871. The van der Waals surface area contributed by atoms with Gasteiger partial charge in [0, 0.05) is 16.4 Å². The number of hydrogen-bond acceptors (Lipinski definition) is 5. The second-order valence-electron chi connectivity index (χ2n) is 6.97. The lowest BCUT2D eigenvalue weighted by Gasteiger charge is -2.37. The van der Waals surface area contributed by atoms with Crippen LogP contribution < -0.4 is 4.74 Å². The molecule has 2 aromatic rings. The molecule has 0 radical (unpaired) electrons. The largest absolute Gasteiger partial charge is 0.494 e. The predicted octanol–water partition coefficient (Wildman–Crippen LogP) is 4.19. The topological polar surface area (TPSA) is 108 Å². The molecule has 1 aliphatic rings. The quantitative estimate of drug-likeness (QED) is 0.400. The molecule has 1 saturated heterocycles. The molecule has 0 unspecified atom stereocenters. The van der Waals surface area contributed by atoms with Crippen LogP contribution in [0, 0.1) is 0 Å². The summed E-state index contributed by atoms with van der Waals surface area (Å²) in [6, 6.07) is 13.5. The van der Waals surface area contributed by atoms with Crippen LogP contribution >= 0.6 is 11.6 Å². The maximum absolute atomic E-state index is 10.2. The number of aliphatic hydroxyl groups is 2. The average Bonchev–Trinajstić information content (AvgIpc) is 2.72. The first-order valence-electron chi connectivity index (χ1n) is 9.54. The van der Waals surface area contributed by atoms with E-state index in [9.17, 15) is 10.2 Å². The van der Waals surface area contributed by atoms with Crippen molar-refractivity contribution in [3.05, 3.63) is 74.6 Å². The molecule has 3 rings (SSSR count). The predicted molar refractivity (Wildman–Crippen MR) is 110 cm³/mol. The van der Waals surface area contributed by atoms with Crippen molar-refractivity contribution in [1.82, 2.24) is 0 Å². The van der Waals surface area contributed by atoms with Crippen LogP contribution in [0.25, 0.3) is 10.4 Å². The van der Waals surface area contributed by atoms with Crippen molar-refractivity contribution in [2.24, 2.45) is 5.11 Å². The van der Waals surface area contributed by atoms with Gasteiger partial charge in [-0.05, 0) is 53.8 Å². The van der Waals surface area contributed by atoms with Gasteiger partial charge in [0.15, 0.2) is 0 Å². The smallest absolute Gasteiger partial charge is 0.119 e. The summed E-state index contributed by atoms with van der Waals surface area (Å²) in [5.74, 6) is 0.824. The van der Waals surface area contributed by atoms with Crippen LogP contribution in [-0.4, -0.2) is 41.7 Å². The number of ether oxygens (including phenoxy) is 2. The lowest BCUT2D eigenvalue weighted by molar-refractivity contribution is -0.166. The molecular formula is C21H24ClN3O4. The summed E-state index contributed by atoms with van der Waals surface area (Å²) >= 11 is 6.41. The minimum absolute atomic E-state index is 0.0438. The van der Waals surface area contributed by atoms with E-state index in [4.69, 9.17) is 26.6 Å². The summed E-state index contributed by atoms with van der Waals surface area (Å²) in [5.41, 5.74) is 11.4. The summed E-state index contributed by atoms with van der Waals surface area (Å²) in [7, 11) is 0. The Morgan fingerprint density at radius 3 is 2.69 bits per heavy atom. The molecule has 1 fully saturated rings. The van der Waals surface area contributed by atoms with E-state index >= 15 is 0 Å². The fourth-order valence-electron chi connectivity index (χ4n) is 3.46. The number of hydrogen-bond donors (Lipinski definition) is 2. The molecule has 0 aliphatic carbocycles. The van der Waals surface area contributed by atoms with Crippen molar-refractivity contribution in [3.8, 4) is 5.75 Å². The second-order valence-corrected chi connectivity index (χ2v) is 7.38. The Hall–Kier alpha value is -2.28. The van der Waals surface area contributed by atoms with Gasteiger partial charge in [0.05, 0.1) is 31.5 Å². The zero-order valence-electron chi connectivity index (χ0n) is 16.1. The standard InChI is InChI=1S/C21H24ClN3O4/c1-2-28-16-6-3-13(4-7-16)9-15-10-14(5-8-17(15)22)19-11-18(26)21(27)20(29-19)12-24-25-23/h3-8,10,18-21,26-27H,2,9,11-12H2,1H3/t18-,19-,20-,21+/m1/s1. The zero-order valence-corrected chi connectivity index (χ0v) is 16.9. The van der Waals surface area contributed by atoms with Crippen LogP contribution in [0.4, 0.5) is 0 Å². The van der Waals surface area contributed by atoms with Gasteiger partial charge in [-0.2, -0.15) is 0 Å². The Balaban J connectivity index is 1.78. The SMILES string of the molecule is CCOc1ccc(Cc2cc([C@H]3C[C@@H](O)[C@H](O)[C@@H](CN=[N+]=[N-])O3)ccc2Cl)cc1. The van der Waals surface area contributed by atoms with Crippen molar-refractivity contribution < 1.29 is 19.7 Å². The monoisotopic (exact) mass is 417 g/mol. The van der Waals surface area contributed by atoms with Crippen LogP contribution in [0.3, 0.4) is 0 Å². The third-order valence-electron chi connectivity index (χ3n) is 4.97. The van der Waals surface area contributed by atoms with E-state index in [1.54, 1.807) is 0 Å². The molecule has 154 valence electrons. The molecule has 2 aromatic carbocycles. The molecule has 1 aliphatic heterocycles. The molecule has 0 amide bonds. The fourth-order valence-corrected chi connectivity index (χ4v) is 3.64. The first kappa shape index (κ1) is 21.4. The number of halogens is 1. The summed E-state index contributed by atoms with van der Waals surface area (Å²) in [6.07, 6.45) is -2.35. The minimum Gasteiger partial charge on any atom is -0.494 e. The number of azide groups is 1. The molecule has 2 N–H and O–H groups in total. The molecule has 4 atom stereocenters. The van der Waals surface area contributed by atoms with Crippen molar-refractivity contribution in [2.75, 3.05) is 13.2 Å². The van der Waals surface area contributed by atoms with Gasteiger partial charge in [-0.25, -0.2) is 0 Å². The summed E-state index contributed by atoms with van der Waals surface area (Å²) in [5, 5.41) is 24.4. The Morgan fingerprint density at radius 1 is 1.24 bits per heavy atom. The lowest BCUT2D eigenvalue weighted by atomic mass is 9.92. The maximum Gasteiger partial charge on any atom is 0.119 e. The highest BCUT2D eigenvalue weighted by molar-refractivity contribution is 6.31. The van der Waals surface area contributed by atoms with Gasteiger partial charge in [-0.3, -0.25) is 0 Å². The van der Waals surface area contributed by atoms with Crippen molar-refractivity contribution in [3.63, 3.8) is 0 Å². The molecule has 29 heavy (non-hydrogen) atoms. The van der Waals surface area contributed by atoms with E-state index in [0.29, 0.717) is 18.1 Å². The summed E-state index contributed by atoms with van der Waals surface area (Å²) in [6.45, 7) is 2.52. The van der Waals surface area contributed by atoms with Crippen LogP contribution in [0.5, 0.6) is 5.75 Å². The Labute approximate surface area is 174 Å². The van der Waals surface area contributed by atoms with E-state index in [2.05, 4.69) is 10.0 Å². The van der Waals surface area contributed by atoms with E-state index in [0.717, 1.165) is 22.4 Å². The highest BCUT2D eigenvalue weighted by Gasteiger charge is 2.37. The summed E-state index contributed by atoms with van der Waals surface area (Å²) in [4.78, 5) is 2.70. The van der Waals surface area contributed by atoms with Crippen LogP contribution in [0.2, 0.25) is 5.02 Å². The maximum atomic E-state index is 10.2. The van der Waals surface area contributed by atoms with Crippen molar-refractivity contribution >= 4 is 11.6 Å². The Kier molecular flexibility index (Phi) is 7.36. The van der Waals surface area contributed by atoms with Crippen LogP contribution in [0.1, 0.15) is 36.1 Å². The van der Waals surface area contributed by atoms with Gasteiger partial charge in [0.2, 0.25) is 0 Å². The van der Waals surface area contributed by atoms with Gasteiger partial charge in [-0.1, -0.05) is 41.0 Å². The number of rotatable bonds is 7. The van der Waals surface area contributed by atoms with Gasteiger partial charge < -0.3 is 19.7 Å². The first-order chi connectivity index (χ1) is 14.0.